The van der Waals surface area contributed by atoms with E-state index in [0.717, 1.165) is 5.56 Å². The highest BCUT2D eigenvalue weighted by atomic mass is 19.1. The summed E-state index contributed by atoms with van der Waals surface area (Å²) in [5.41, 5.74) is 1.70. The van der Waals surface area contributed by atoms with Crippen molar-refractivity contribution in [2.24, 2.45) is 0 Å². The average molecular weight is 550 g/mol. The van der Waals surface area contributed by atoms with Crippen molar-refractivity contribution in [3.63, 3.8) is 0 Å². The topological polar surface area (TPSA) is 121 Å². The number of amides is 2. The largest absolute Gasteiger partial charge is 0.442 e. The monoisotopic (exact) mass is 549 g/mol. The molecule has 1 N–H and O–H groups in total. The first-order valence-corrected chi connectivity index (χ1v) is 12.8. The fourth-order valence-electron chi connectivity index (χ4n) is 4.69. The van der Waals surface area contributed by atoms with Gasteiger partial charge in [-0.05, 0) is 35.9 Å². The van der Waals surface area contributed by atoms with Gasteiger partial charge in [0, 0.05) is 32.3 Å². The minimum absolute atomic E-state index is 0.135. The van der Waals surface area contributed by atoms with Crippen LogP contribution in [-0.2, 0) is 16.1 Å². The summed E-state index contributed by atoms with van der Waals surface area (Å²) in [6.45, 7) is 3.13. The lowest BCUT2D eigenvalue weighted by atomic mass is 10.2. The molecule has 0 bridgehead atoms. The van der Waals surface area contributed by atoms with Crippen LogP contribution in [0.25, 0.3) is 6.08 Å². The Morgan fingerprint density at radius 3 is 2.58 bits per heavy atom. The van der Waals surface area contributed by atoms with Crippen LogP contribution in [0, 0.1) is 15.9 Å². The second-order valence-corrected chi connectivity index (χ2v) is 9.50. The first-order chi connectivity index (χ1) is 19.4. The lowest BCUT2D eigenvalue weighted by molar-refractivity contribution is -0.402. The fourth-order valence-corrected chi connectivity index (χ4v) is 4.69. The van der Waals surface area contributed by atoms with Crippen molar-refractivity contribution in [1.29, 1.82) is 0 Å². The van der Waals surface area contributed by atoms with Crippen LogP contribution >= 0.6 is 0 Å². The van der Waals surface area contributed by atoms with Crippen molar-refractivity contribution in [2.75, 3.05) is 49.1 Å². The van der Waals surface area contributed by atoms with E-state index in [9.17, 15) is 19.7 Å². The van der Waals surface area contributed by atoms with E-state index in [1.54, 1.807) is 24.3 Å². The summed E-state index contributed by atoms with van der Waals surface area (Å²) >= 11 is 0. The number of rotatable bonds is 9. The Morgan fingerprint density at radius 2 is 1.88 bits per heavy atom. The number of piperazine rings is 1. The maximum absolute atomic E-state index is 15.1. The summed E-state index contributed by atoms with van der Waals surface area (Å²) in [5.74, 6) is -0.540. The highest BCUT2D eigenvalue weighted by Gasteiger charge is 2.33. The lowest BCUT2D eigenvalue weighted by Gasteiger charge is -2.36. The number of furan rings is 1. The van der Waals surface area contributed by atoms with Gasteiger partial charge in [-0.1, -0.05) is 30.3 Å². The molecule has 2 aliphatic rings. The molecular weight excluding hydrogens is 521 g/mol. The molecule has 3 aromatic rings. The number of cyclic esters (lactones) is 1. The highest BCUT2D eigenvalue weighted by Crippen LogP contribution is 2.29. The van der Waals surface area contributed by atoms with Gasteiger partial charge in [-0.15, -0.1) is 0 Å². The molecule has 1 aromatic heterocycles. The number of hydrogen-bond acceptors (Lipinski definition) is 8. The molecule has 40 heavy (non-hydrogen) atoms. The van der Waals surface area contributed by atoms with Gasteiger partial charge in [0.15, 0.2) is 0 Å². The molecule has 2 fully saturated rings. The molecular formula is C28H28FN5O6. The van der Waals surface area contributed by atoms with Gasteiger partial charge in [-0.25, -0.2) is 9.18 Å². The van der Waals surface area contributed by atoms with Crippen LogP contribution in [0.5, 0.6) is 0 Å². The number of nitro groups is 1. The number of ether oxygens (including phenoxy) is 1. The molecule has 0 aliphatic carbocycles. The fraction of sp³-hybridized carbons (Fsp3) is 0.286. The number of hydrogen-bond donors (Lipinski definition) is 1. The van der Waals surface area contributed by atoms with Crippen LogP contribution in [0.1, 0.15) is 11.3 Å². The van der Waals surface area contributed by atoms with E-state index in [2.05, 4.69) is 10.2 Å². The van der Waals surface area contributed by atoms with Crippen molar-refractivity contribution in [3.8, 4) is 0 Å². The number of nitrogens with zero attached hydrogens (tertiary/aromatic N) is 4. The van der Waals surface area contributed by atoms with Crippen LogP contribution < -0.4 is 15.1 Å². The van der Waals surface area contributed by atoms with Gasteiger partial charge < -0.3 is 19.4 Å². The molecule has 0 spiro atoms. The van der Waals surface area contributed by atoms with E-state index in [-0.39, 0.29) is 24.9 Å². The Balaban J connectivity index is 1.11. The third kappa shape index (κ3) is 6.46. The van der Waals surface area contributed by atoms with E-state index in [0.29, 0.717) is 49.9 Å². The number of anilines is 2. The average Bonchev–Trinajstić information content (AvgIpc) is 3.58. The summed E-state index contributed by atoms with van der Waals surface area (Å²) in [5, 5.41) is 13.5. The molecule has 2 amide bonds. The molecule has 0 saturated carbocycles. The first-order valence-electron chi connectivity index (χ1n) is 12.8. The van der Waals surface area contributed by atoms with Gasteiger partial charge in [-0.2, -0.15) is 0 Å². The van der Waals surface area contributed by atoms with Gasteiger partial charge in [-0.3, -0.25) is 24.7 Å². The third-order valence-corrected chi connectivity index (χ3v) is 6.77. The molecule has 2 aliphatic heterocycles. The van der Waals surface area contributed by atoms with Gasteiger partial charge in [0.25, 0.3) is 0 Å². The minimum atomic E-state index is -0.599. The summed E-state index contributed by atoms with van der Waals surface area (Å²) < 4.78 is 25.7. The summed E-state index contributed by atoms with van der Waals surface area (Å²) in [6, 6.07) is 17.0. The Bertz CT molecular complexity index is 1400. The first kappa shape index (κ1) is 26.9. The van der Waals surface area contributed by atoms with Crippen molar-refractivity contribution in [3.05, 3.63) is 94.0 Å². The smallest absolute Gasteiger partial charge is 0.433 e. The van der Waals surface area contributed by atoms with Crippen LogP contribution in [0.3, 0.4) is 0 Å². The predicted octanol–water partition coefficient (Wildman–Crippen LogP) is 3.80. The Morgan fingerprint density at radius 1 is 1.10 bits per heavy atom. The maximum atomic E-state index is 15.1. The van der Waals surface area contributed by atoms with Crippen molar-refractivity contribution >= 4 is 35.3 Å². The van der Waals surface area contributed by atoms with E-state index in [1.165, 1.54) is 23.1 Å². The Labute approximate surface area is 229 Å². The molecule has 208 valence electrons. The maximum Gasteiger partial charge on any atom is 0.433 e. The van der Waals surface area contributed by atoms with Crippen LogP contribution in [0.15, 0.2) is 71.2 Å². The number of carbonyl (C=O) groups excluding carboxylic acids is 2. The second-order valence-electron chi connectivity index (χ2n) is 9.50. The predicted molar refractivity (Wildman–Crippen MR) is 145 cm³/mol. The zero-order chi connectivity index (χ0) is 28.1. The second kappa shape index (κ2) is 12.0. The Hall–Kier alpha value is -4.71. The molecule has 11 nitrogen and oxygen atoms in total. The van der Waals surface area contributed by atoms with Crippen molar-refractivity contribution in [2.45, 2.75) is 12.6 Å². The SMILES string of the molecule is O=C(/C=C/c1ccccc1)NCC1CN(c2ccc(N3CCN(Cc4ccc([N+](=O)[O-])o4)CC3)c(F)c2)C(=O)O1. The van der Waals surface area contributed by atoms with Gasteiger partial charge in [0.05, 0.1) is 37.1 Å². The highest BCUT2D eigenvalue weighted by molar-refractivity contribution is 5.92. The van der Waals surface area contributed by atoms with E-state index >= 15 is 4.39 Å². The summed E-state index contributed by atoms with van der Waals surface area (Å²) in [6.07, 6.45) is 1.95. The van der Waals surface area contributed by atoms with Crippen LogP contribution in [0.4, 0.5) is 26.4 Å². The summed E-state index contributed by atoms with van der Waals surface area (Å²) in [4.78, 5) is 40.2. The van der Waals surface area contributed by atoms with Gasteiger partial charge >= 0.3 is 12.0 Å². The van der Waals surface area contributed by atoms with Crippen LogP contribution in [0.2, 0.25) is 0 Å². The molecule has 1 atom stereocenters. The molecule has 2 saturated heterocycles. The molecule has 12 heteroatoms. The van der Waals surface area contributed by atoms with E-state index in [4.69, 9.17) is 9.15 Å². The Kier molecular flexibility index (Phi) is 8.06. The zero-order valence-corrected chi connectivity index (χ0v) is 21.6. The quantitative estimate of drug-likeness (QED) is 0.243. The molecule has 5 rings (SSSR count). The normalized spacial score (nSPS) is 17.8. The minimum Gasteiger partial charge on any atom is -0.442 e. The number of halogens is 1. The molecule has 1 unspecified atom stereocenters. The molecule has 0 radical (unpaired) electrons. The number of benzene rings is 2. The van der Waals surface area contributed by atoms with E-state index < -0.39 is 22.9 Å². The number of nitrogens with one attached hydrogen (secondary N) is 1. The number of carbonyl (C=O) groups is 2. The van der Waals surface area contributed by atoms with Gasteiger partial charge in [0.2, 0.25) is 5.91 Å². The van der Waals surface area contributed by atoms with Crippen LogP contribution in [-0.4, -0.2) is 67.2 Å². The third-order valence-electron chi connectivity index (χ3n) is 6.77. The van der Waals surface area contributed by atoms with Crippen molar-refractivity contribution < 1.29 is 28.1 Å². The van der Waals surface area contributed by atoms with Gasteiger partial charge in [0.1, 0.15) is 22.6 Å². The molecule has 3 heterocycles. The van der Waals surface area contributed by atoms with E-state index in [1.807, 2.05) is 35.2 Å². The summed E-state index contributed by atoms with van der Waals surface area (Å²) in [7, 11) is 0. The zero-order valence-electron chi connectivity index (χ0n) is 21.6. The molecule has 2 aromatic carbocycles. The standard InChI is InChI=1S/C28H28FN5O6/c29-24-16-21(33-19-23(40-28(33)36)17-30-26(35)10-6-20-4-2-1-3-5-20)7-9-25(24)32-14-12-31(13-15-32)18-22-8-11-27(39-22)34(37)38/h1-11,16,23H,12-15,17-19H2,(H,30,35)/b10-6+. The van der Waals surface area contributed by atoms with Crippen molar-refractivity contribution in [1.82, 2.24) is 10.2 Å². The lowest BCUT2D eigenvalue weighted by Crippen LogP contribution is -2.46.